The number of amides is 3. The third-order valence-electron chi connectivity index (χ3n) is 4.77. The van der Waals surface area contributed by atoms with Gasteiger partial charge in [0.1, 0.15) is 11.8 Å². The van der Waals surface area contributed by atoms with E-state index in [1.807, 2.05) is 25.1 Å². The van der Waals surface area contributed by atoms with Crippen molar-refractivity contribution in [3.63, 3.8) is 0 Å². The molecule has 2 aromatic rings. The third kappa shape index (κ3) is 5.18. The highest BCUT2D eigenvalue weighted by Crippen LogP contribution is 2.26. The van der Waals surface area contributed by atoms with Crippen molar-refractivity contribution in [2.45, 2.75) is 20.0 Å². The highest BCUT2D eigenvalue weighted by Gasteiger charge is 2.26. The lowest BCUT2D eigenvalue weighted by Crippen LogP contribution is -2.46. The number of morpholine rings is 1. The van der Waals surface area contributed by atoms with Crippen LogP contribution < -0.4 is 10.6 Å². The number of hydrogen-bond acceptors (Lipinski definition) is 6. The Labute approximate surface area is 174 Å². The molecule has 2 N–H and O–H groups in total. The SMILES string of the molecule is CNC(=O)c1ccc(-c2cc(C)nc(C3CN(C(=O)CNC(C)=O)CCO3)c2)cn1. The Morgan fingerprint density at radius 1 is 1.23 bits per heavy atom. The molecule has 9 nitrogen and oxygen atoms in total. The van der Waals surface area contributed by atoms with Gasteiger partial charge in [-0.1, -0.05) is 6.07 Å². The van der Waals surface area contributed by atoms with Crippen LogP contribution >= 0.6 is 0 Å². The number of carbonyl (C=O) groups excluding carboxylic acids is 3. The molecule has 2 aromatic heterocycles. The largest absolute Gasteiger partial charge is 0.368 e. The second kappa shape index (κ2) is 9.45. The van der Waals surface area contributed by atoms with Crippen molar-refractivity contribution in [3.05, 3.63) is 47.5 Å². The summed E-state index contributed by atoms with van der Waals surface area (Å²) in [7, 11) is 1.56. The van der Waals surface area contributed by atoms with Crippen LogP contribution in [-0.4, -0.2) is 65.9 Å². The van der Waals surface area contributed by atoms with Gasteiger partial charge in [0.2, 0.25) is 11.8 Å². The van der Waals surface area contributed by atoms with Gasteiger partial charge in [0.05, 0.1) is 25.4 Å². The zero-order valence-electron chi connectivity index (χ0n) is 17.3. The Balaban J connectivity index is 1.78. The molecular formula is C21H25N5O4. The molecule has 0 spiro atoms. The van der Waals surface area contributed by atoms with E-state index in [4.69, 9.17) is 4.74 Å². The van der Waals surface area contributed by atoms with E-state index in [-0.39, 0.29) is 30.4 Å². The predicted octanol–water partition coefficient (Wildman–Crippen LogP) is 0.848. The van der Waals surface area contributed by atoms with Crippen LogP contribution in [0.1, 0.15) is 34.9 Å². The van der Waals surface area contributed by atoms with Crippen molar-refractivity contribution < 1.29 is 19.1 Å². The maximum atomic E-state index is 12.3. The third-order valence-corrected chi connectivity index (χ3v) is 4.77. The molecule has 0 aliphatic carbocycles. The number of hydrogen-bond donors (Lipinski definition) is 2. The molecule has 0 radical (unpaired) electrons. The number of pyridine rings is 2. The Morgan fingerprint density at radius 3 is 2.70 bits per heavy atom. The summed E-state index contributed by atoms with van der Waals surface area (Å²) >= 11 is 0. The summed E-state index contributed by atoms with van der Waals surface area (Å²) in [5.74, 6) is -0.637. The van der Waals surface area contributed by atoms with E-state index in [0.717, 1.165) is 22.5 Å². The molecule has 1 aliphatic rings. The molecule has 0 bridgehead atoms. The normalized spacial score (nSPS) is 16.1. The zero-order valence-corrected chi connectivity index (χ0v) is 17.3. The van der Waals surface area contributed by atoms with Crippen LogP contribution in [-0.2, 0) is 14.3 Å². The first-order valence-electron chi connectivity index (χ1n) is 9.68. The van der Waals surface area contributed by atoms with Crippen molar-refractivity contribution in [1.82, 2.24) is 25.5 Å². The van der Waals surface area contributed by atoms with Gasteiger partial charge in [-0.3, -0.25) is 24.4 Å². The van der Waals surface area contributed by atoms with E-state index in [1.54, 1.807) is 24.2 Å². The average molecular weight is 411 g/mol. The minimum absolute atomic E-state index is 0.0299. The highest BCUT2D eigenvalue weighted by atomic mass is 16.5. The Morgan fingerprint density at radius 2 is 2.03 bits per heavy atom. The highest BCUT2D eigenvalue weighted by molar-refractivity contribution is 5.92. The molecular weight excluding hydrogens is 386 g/mol. The first kappa shape index (κ1) is 21.4. The quantitative estimate of drug-likeness (QED) is 0.754. The monoisotopic (exact) mass is 411 g/mol. The molecule has 1 aliphatic heterocycles. The second-order valence-electron chi connectivity index (χ2n) is 7.04. The first-order valence-corrected chi connectivity index (χ1v) is 9.68. The summed E-state index contributed by atoms with van der Waals surface area (Å²) in [6.07, 6.45) is 1.28. The summed E-state index contributed by atoms with van der Waals surface area (Å²) in [6, 6.07) is 7.35. The van der Waals surface area contributed by atoms with E-state index < -0.39 is 0 Å². The summed E-state index contributed by atoms with van der Waals surface area (Å²) in [5, 5.41) is 5.08. The van der Waals surface area contributed by atoms with Crippen LogP contribution in [0.5, 0.6) is 0 Å². The van der Waals surface area contributed by atoms with E-state index in [2.05, 4.69) is 20.6 Å². The lowest BCUT2D eigenvalue weighted by molar-refractivity contribution is -0.139. The number of carbonyl (C=O) groups is 3. The summed E-state index contributed by atoms with van der Waals surface area (Å²) in [6.45, 7) is 4.47. The first-order chi connectivity index (χ1) is 14.4. The maximum absolute atomic E-state index is 12.3. The van der Waals surface area contributed by atoms with Crippen molar-refractivity contribution in [2.24, 2.45) is 0 Å². The van der Waals surface area contributed by atoms with Gasteiger partial charge < -0.3 is 20.3 Å². The Kier molecular flexibility index (Phi) is 6.73. The van der Waals surface area contributed by atoms with E-state index in [9.17, 15) is 14.4 Å². The van der Waals surface area contributed by atoms with Crippen LogP contribution in [0, 0.1) is 6.92 Å². The molecule has 1 saturated heterocycles. The fourth-order valence-electron chi connectivity index (χ4n) is 3.22. The zero-order chi connectivity index (χ0) is 21.7. The van der Waals surface area contributed by atoms with Gasteiger partial charge >= 0.3 is 0 Å². The minimum atomic E-state index is -0.364. The van der Waals surface area contributed by atoms with E-state index in [0.29, 0.717) is 25.4 Å². The summed E-state index contributed by atoms with van der Waals surface area (Å²) < 4.78 is 5.87. The van der Waals surface area contributed by atoms with Crippen LogP contribution in [0.15, 0.2) is 30.5 Å². The smallest absolute Gasteiger partial charge is 0.269 e. The van der Waals surface area contributed by atoms with Gasteiger partial charge in [-0.25, -0.2) is 0 Å². The van der Waals surface area contributed by atoms with Crippen molar-refractivity contribution >= 4 is 17.7 Å². The Bertz CT molecular complexity index is 945. The lowest BCUT2D eigenvalue weighted by atomic mass is 10.0. The minimum Gasteiger partial charge on any atom is -0.368 e. The van der Waals surface area contributed by atoms with Gasteiger partial charge in [0, 0.05) is 38.0 Å². The summed E-state index contributed by atoms with van der Waals surface area (Å²) in [5.41, 5.74) is 3.62. The standard InChI is InChI=1S/C21H25N5O4/c1-13-8-16(15-4-5-17(24-10-15)21(29)22-3)9-18(25-13)19-12-26(6-7-30-19)20(28)11-23-14(2)27/h4-5,8-10,19H,6-7,11-12H2,1-3H3,(H,22,29)(H,23,27). The Hall–Kier alpha value is -3.33. The predicted molar refractivity (Wildman–Crippen MR) is 110 cm³/mol. The molecule has 30 heavy (non-hydrogen) atoms. The molecule has 3 heterocycles. The molecule has 0 aromatic carbocycles. The topological polar surface area (TPSA) is 114 Å². The second-order valence-corrected chi connectivity index (χ2v) is 7.04. The molecule has 3 rings (SSSR count). The number of ether oxygens (including phenoxy) is 1. The van der Waals surface area contributed by atoms with Gasteiger partial charge in [0.15, 0.2) is 0 Å². The van der Waals surface area contributed by atoms with Gasteiger partial charge in [0.25, 0.3) is 5.91 Å². The van der Waals surface area contributed by atoms with Crippen LogP contribution in [0.4, 0.5) is 0 Å². The molecule has 158 valence electrons. The molecule has 9 heteroatoms. The average Bonchev–Trinajstić information content (AvgIpc) is 2.76. The lowest BCUT2D eigenvalue weighted by Gasteiger charge is -2.33. The van der Waals surface area contributed by atoms with Gasteiger partial charge in [-0.2, -0.15) is 0 Å². The van der Waals surface area contributed by atoms with Crippen molar-refractivity contribution in [2.75, 3.05) is 33.3 Å². The van der Waals surface area contributed by atoms with Crippen LogP contribution in [0.3, 0.4) is 0 Å². The van der Waals surface area contributed by atoms with Crippen LogP contribution in [0.25, 0.3) is 11.1 Å². The van der Waals surface area contributed by atoms with Crippen molar-refractivity contribution in [3.8, 4) is 11.1 Å². The molecule has 1 atom stereocenters. The molecule has 3 amide bonds. The van der Waals surface area contributed by atoms with Gasteiger partial charge in [-0.05, 0) is 30.7 Å². The number of aryl methyl sites for hydroxylation is 1. The fourth-order valence-corrected chi connectivity index (χ4v) is 3.22. The number of aromatic nitrogens is 2. The number of nitrogens with zero attached hydrogens (tertiary/aromatic N) is 3. The fraction of sp³-hybridized carbons (Fsp3) is 0.381. The molecule has 0 saturated carbocycles. The molecule has 1 fully saturated rings. The van der Waals surface area contributed by atoms with E-state index >= 15 is 0 Å². The van der Waals surface area contributed by atoms with Crippen molar-refractivity contribution in [1.29, 1.82) is 0 Å². The van der Waals surface area contributed by atoms with Gasteiger partial charge in [-0.15, -0.1) is 0 Å². The number of nitrogens with one attached hydrogen (secondary N) is 2. The maximum Gasteiger partial charge on any atom is 0.269 e. The van der Waals surface area contributed by atoms with E-state index in [1.165, 1.54) is 6.92 Å². The molecule has 1 unspecified atom stereocenters. The van der Waals surface area contributed by atoms with Crippen LogP contribution in [0.2, 0.25) is 0 Å². The summed E-state index contributed by atoms with van der Waals surface area (Å²) in [4.78, 5) is 45.6. The number of rotatable bonds is 5.